The molecule has 304 valence electrons. The Bertz CT molecular complexity index is 2370. The van der Waals surface area contributed by atoms with E-state index in [0.717, 1.165) is 42.5 Å². The monoisotopic (exact) mass is 815 g/mol. The van der Waals surface area contributed by atoms with Gasteiger partial charge in [-0.1, -0.05) is 54.6 Å². The first-order valence-corrected chi connectivity index (χ1v) is 16.8. The van der Waals surface area contributed by atoms with E-state index in [9.17, 15) is 57.4 Å². The smallest absolute Gasteiger partial charge is 0.416 e. The van der Waals surface area contributed by atoms with Crippen LogP contribution in [0.25, 0.3) is 0 Å². The molecule has 19 heteroatoms. The largest absolute Gasteiger partial charge is 0.506 e. The maximum absolute atomic E-state index is 12.7. The molecule has 0 aliphatic rings. The first kappa shape index (κ1) is 43.4. The molecule has 0 spiro atoms. The summed E-state index contributed by atoms with van der Waals surface area (Å²) in [5.74, 6) is -1.80. The van der Waals surface area contributed by atoms with Crippen LogP contribution in [0.2, 0.25) is 0 Å². The Morgan fingerprint density at radius 1 is 0.492 bits per heavy atom. The van der Waals surface area contributed by atoms with Crippen LogP contribution in [0.15, 0.2) is 146 Å². The Morgan fingerprint density at radius 3 is 1.29 bits per heavy atom. The molecule has 6 aromatic carbocycles. The fraction of sp³-hybridized carbons (Fsp3) is 0.0250. The number of halogens is 4. The Labute approximate surface area is 332 Å². The number of carbonyl (C=O) groups excluding carboxylic acids is 3. The Kier molecular flexibility index (Phi) is 15.1. The third kappa shape index (κ3) is 14.3. The molecule has 0 fully saturated rings. The molecule has 0 saturated heterocycles. The van der Waals surface area contributed by atoms with E-state index in [-0.39, 0.29) is 34.2 Å². The first-order valence-electron chi connectivity index (χ1n) is 16.8. The number of nitrogens with zero attached hydrogens (tertiary/aromatic N) is 1. The fourth-order valence-electron chi connectivity index (χ4n) is 4.58. The van der Waals surface area contributed by atoms with Gasteiger partial charge in [-0.05, 0) is 72.8 Å². The third-order valence-corrected chi connectivity index (χ3v) is 7.32. The van der Waals surface area contributed by atoms with Crippen molar-refractivity contribution in [3.8, 4) is 17.2 Å². The van der Waals surface area contributed by atoms with Gasteiger partial charge in [0.15, 0.2) is 0 Å². The quantitative estimate of drug-likeness (QED) is 0.0325. The van der Waals surface area contributed by atoms with Crippen LogP contribution in [-0.4, -0.2) is 38.3 Å². The summed E-state index contributed by atoms with van der Waals surface area (Å²) in [6.07, 6.45) is -4.55. The molecular weight excluding hydrogens is 782 g/mol. The molecule has 0 heterocycles. The number of nitro groups is 1. The number of carbonyl (C=O) groups is 3. The topological polar surface area (TPSA) is 227 Å². The molecule has 9 N–H and O–H groups in total. The molecule has 0 bridgehead atoms. The zero-order valence-electron chi connectivity index (χ0n) is 30.2. The molecule has 15 nitrogen and oxygen atoms in total. The molecule has 59 heavy (non-hydrogen) atoms. The number of phenolic OH excluding ortho intramolecular Hbond substituents is 3. The van der Waals surface area contributed by atoms with E-state index in [4.69, 9.17) is 0 Å². The standard InChI is InChI=1S/C14H11F3N2O2.C13H11FN2O2.C13H11N3O4/c15-14(16,17)9-6-7-11(12(20)8-9)19-13(21)18-10-4-2-1-3-5-10;14-9-6-7-11(12(17)8-9)16-13(18)15-10-4-2-1-3-5-10;17-12-7-6-10(16(19)20)8-11(12)15-13(18)14-9-4-2-1-3-5-9/h1-8,20H,(H2,18,19,21);1-8,17H,(H2,15,16,18);1-8,17H,(H2,14,15,18). The summed E-state index contributed by atoms with van der Waals surface area (Å²) in [6.45, 7) is 0. The van der Waals surface area contributed by atoms with E-state index in [1.54, 1.807) is 84.9 Å². The molecule has 0 radical (unpaired) electrons. The Morgan fingerprint density at radius 2 is 0.898 bits per heavy atom. The van der Waals surface area contributed by atoms with Crippen molar-refractivity contribution >= 4 is 57.9 Å². The molecule has 6 rings (SSSR count). The van der Waals surface area contributed by atoms with Gasteiger partial charge in [0.25, 0.3) is 5.69 Å². The number of nitrogens with one attached hydrogen (secondary N) is 6. The number of aromatic hydroxyl groups is 3. The van der Waals surface area contributed by atoms with Crippen LogP contribution in [0.1, 0.15) is 5.56 Å². The predicted octanol–water partition coefficient (Wildman–Crippen LogP) is 10.2. The van der Waals surface area contributed by atoms with Gasteiger partial charge in [0, 0.05) is 35.3 Å². The van der Waals surface area contributed by atoms with Crippen LogP contribution in [0.3, 0.4) is 0 Å². The first-order chi connectivity index (χ1) is 28.1. The normalized spacial score (nSPS) is 10.2. The van der Waals surface area contributed by atoms with Gasteiger partial charge in [-0.25, -0.2) is 18.8 Å². The second-order valence-electron chi connectivity index (χ2n) is 11.7. The molecular formula is C40H33F4N7O8. The number of benzene rings is 6. The van der Waals surface area contributed by atoms with Crippen LogP contribution in [0.5, 0.6) is 17.2 Å². The fourth-order valence-corrected chi connectivity index (χ4v) is 4.58. The minimum absolute atomic E-state index is 0.0346. The van der Waals surface area contributed by atoms with Gasteiger partial charge >= 0.3 is 24.3 Å². The average molecular weight is 816 g/mol. The van der Waals surface area contributed by atoms with Gasteiger partial charge in [0.1, 0.15) is 23.1 Å². The molecule has 6 amide bonds. The van der Waals surface area contributed by atoms with Gasteiger partial charge < -0.3 is 47.2 Å². The number of alkyl halides is 3. The van der Waals surface area contributed by atoms with Crippen LogP contribution in [0, 0.1) is 15.9 Å². The van der Waals surface area contributed by atoms with Crippen molar-refractivity contribution in [2.75, 3.05) is 31.9 Å². The molecule has 0 aliphatic heterocycles. The van der Waals surface area contributed by atoms with Crippen molar-refractivity contribution in [3.05, 3.63) is 167 Å². The van der Waals surface area contributed by atoms with Crippen molar-refractivity contribution in [1.29, 1.82) is 0 Å². The average Bonchev–Trinajstić information content (AvgIpc) is 3.19. The highest BCUT2D eigenvalue weighted by atomic mass is 19.4. The van der Waals surface area contributed by atoms with E-state index < -0.39 is 46.3 Å². The second-order valence-corrected chi connectivity index (χ2v) is 11.7. The van der Waals surface area contributed by atoms with Gasteiger partial charge in [0.05, 0.1) is 27.5 Å². The molecule has 0 atom stereocenters. The van der Waals surface area contributed by atoms with E-state index in [1.807, 2.05) is 6.07 Å². The maximum atomic E-state index is 12.7. The number of para-hydroxylation sites is 3. The number of nitro benzene ring substituents is 1. The second kappa shape index (κ2) is 20.5. The number of anilines is 6. The Balaban J connectivity index is 0.000000196. The van der Waals surface area contributed by atoms with Gasteiger partial charge in [0.2, 0.25) is 0 Å². The number of hydrogen-bond donors (Lipinski definition) is 9. The van der Waals surface area contributed by atoms with Crippen molar-refractivity contribution in [3.63, 3.8) is 0 Å². The van der Waals surface area contributed by atoms with Gasteiger partial charge in [-0.15, -0.1) is 0 Å². The molecule has 0 saturated carbocycles. The van der Waals surface area contributed by atoms with Crippen molar-refractivity contribution in [2.45, 2.75) is 6.18 Å². The van der Waals surface area contributed by atoms with Crippen LogP contribution in [-0.2, 0) is 6.18 Å². The minimum Gasteiger partial charge on any atom is -0.506 e. The lowest BCUT2D eigenvalue weighted by molar-refractivity contribution is -0.384. The van der Waals surface area contributed by atoms with E-state index >= 15 is 0 Å². The zero-order chi connectivity index (χ0) is 43.0. The van der Waals surface area contributed by atoms with Crippen molar-refractivity contribution in [1.82, 2.24) is 0 Å². The van der Waals surface area contributed by atoms with Crippen molar-refractivity contribution in [2.24, 2.45) is 0 Å². The van der Waals surface area contributed by atoms with E-state index in [2.05, 4.69) is 31.9 Å². The van der Waals surface area contributed by atoms with Crippen LogP contribution >= 0.6 is 0 Å². The number of phenols is 3. The summed E-state index contributed by atoms with van der Waals surface area (Å²) < 4.78 is 50.1. The molecule has 6 aromatic rings. The number of hydrogen-bond acceptors (Lipinski definition) is 8. The predicted molar refractivity (Wildman–Crippen MR) is 213 cm³/mol. The van der Waals surface area contributed by atoms with E-state index in [1.165, 1.54) is 6.07 Å². The summed E-state index contributed by atoms with van der Waals surface area (Å²) in [5.41, 5.74) is 0.480. The highest BCUT2D eigenvalue weighted by Crippen LogP contribution is 2.34. The lowest BCUT2D eigenvalue weighted by Crippen LogP contribution is -2.19. The third-order valence-electron chi connectivity index (χ3n) is 7.32. The lowest BCUT2D eigenvalue weighted by atomic mass is 10.2. The summed E-state index contributed by atoms with van der Waals surface area (Å²) in [7, 11) is 0. The highest BCUT2D eigenvalue weighted by Gasteiger charge is 2.31. The summed E-state index contributed by atoms with van der Waals surface area (Å²) in [5, 5.41) is 53.8. The Hall–Kier alpha value is -8.35. The van der Waals surface area contributed by atoms with Crippen LogP contribution < -0.4 is 31.9 Å². The lowest BCUT2D eigenvalue weighted by Gasteiger charge is -2.11. The number of rotatable bonds is 7. The molecule has 0 aromatic heterocycles. The number of urea groups is 3. The minimum atomic E-state index is -4.55. The summed E-state index contributed by atoms with van der Waals surface area (Å²) >= 11 is 0. The SMILES string of the molecule is O=C(Nc1ccccc1)Nc1cc([N+](=O)[O-])ccc1O.O=C(Nc1ccccc1)Nc1ccc(C(F)(F)F)cc1O.O=C(Nc1ccccc1)Nc1ccc(F)cc1O. The number of amides is 6. The zero-order valence-corrected chi connectivity index (χ0v) is 30.2. The van der Waals surface area contributed by atoms with Gasteiger partial charge in [-0.3, -0.25) is 10.1 Å². The van der Waals surface area contributed by atoms with Crippen molar-refractivity contribution < 1.29 is 52.2 Å². The highest BCUT2D eigenvalue weighted by molar-refractivity contribution is 6.02. The molecule has 0 unspecified atom stereocenters. The molecule has 0 aliphatic carbocycles. The maximum Gasteiger partial charge on any atom is 0.416 e. The van der Waals surface area contributed by atoms with Crippen LogP contribution in [0.4, 0.5) is 71.8 Å². The summed E-state index contributed by atoms with van der Waals surface area (Å²) in [4.78, 5) is 45.0. The van der Waals surface area contributed by atoms with E-state index in [0.29, 0.717) is 23.1 Å². The summed E-state index contributed by atoms with van der Waals surface area (Å²) in [6, 6.07) is 33.3. The number of non-ortho nitro benzene ring substituents is 1. The van der Waals surface area contributed by atoms with Gasteiger partial charge in [-0.2, -0.15) is 13.2 Å².